The molecule has 1 aliphatic rings. The van der Waals surface area contributed by atoms with E-state index in [1.165, 1.54) is 19.2 Å². The molecule has 0 spiro atoms. The first-order valence-electron chi connectivity index (χ1n) is 8.32. The van der Waals surface area contributed by atoms with Gasteiger partial charge in [-0.3, -0.25) is 4.79 Å². The van der Waals surface area contributed by atoms with Crippen molar-refractivity contribution in [2.75, 3.05) is 25.6 Å². The second-order valence-electron chi connectivity index (χ2n) is 6.18. The zero-order chi connectivity index (χ0) is 18.6. The minimum absolute atomic E-state index is 0.193. The maximum Gasteiger partial charge on any atom is 0.235 e. The van der Waals surface area contributed by atoms with Crippen LogP contribution < -0.4 is 10.1 Å². The summed E-state index contributed by atoms with van der Waals surface area (Å²) in [6, 6.07) is 13.0. The molecule has 5 nitrogen and oxygen atoms in total. The van der Waals surface area contributed by atoms with Crippen LogP contribution in [0, 0.1) is 17.1 Å². The first-order valence-corrected chi connectivity index (χ1v) is 8.32. The van der Waals surface area contributed by atoms with Gasteiger partial charge in [-0.15, -0.1) is 0 Å². The van der Waals surface area contributed by atoms with Gasteiger partial charge in [0.2, 0.25) is 5.91 Å². The SMILES string of the molecule is COc1ccc(NC(=O)C2(c3ccc(F)cc3)CCOCC2)cc1C#N. The highest BCUT2D eigenvalue weighted by atomic mass is 19.1. The molecule has 134 valence electrons. The summed E-state index contributed by atoms with van der Waals surface area (Å²) in [7, 11) is 1.49. The Hall–Kier alpha value is -2.91. The van der Waals surface area contributed by atoms with E-state index in [0.29, 0.717) is 43.1 Å². The number of hydrogen-bond acceptors (Lipinski definition) is 4. The highest BCUT2D eigenvalue weighted by Gasteiger charge is 2.41. The van der Waals surface area contributed by atoms with Gasteiger partial charge in [-0.25, -0.2) is 4.39 Å². The van der Waals surface area contributed by atoms with Gasteiger partial charge in [0.05, 0.1) is 18.1 Å². The first kappa shape index (κ1) is 17.9. The standard InChI is InChI=1S/C20H19FN2O3/c1-25-18-7-6-17(12-14(18)13-22)23-19(24)20(8-10-26-11-9-20)15-2-4-16(21)5-3-15/h2-7,12H,8-11H2,1H3,(H,23,24). The van der Waals surface area contributed by atoms with Crippen molar-refractivity contribution in [2.45, 2.75) is 18.3 Å². The van der Waals surface area contributed by atoms with E-state index >= 15 is 0 Å². The molecule has 0 aliphatic carbocycles. The Morgan fingerprint density at radius 2 is 1.92 bits per heavy atom. The molecule has 1 saturated heterocycles. The van der Waals surface area contributed by atoms with Gasteiger partial charge in [-0.1, -0.05) is 12.1 Å². The lowest BCUT2D eigenvalue weighted by Gasteiger charge is -2.36. The van der Waals surface area contributed by atoms with Crippen molar-refractivity contribution in [1.82, 2.24) is 0 Å². The Morgan fingerprint density at radius 3 is 2.54 bits per heavy atom. The highest BCUT2D eigenvalue weighted by molar-refractivity contribution is 5.99. The van der Waals surface area contributed by atoms with Crippen LogP contribution in [-0.4, -0.2) is 26.2 Å². The van der Waals surface area contributed by atoms with Gasteiger partial charge >= 0.3 is 0 Å². The molecule has 0 atom stereocenters. The maximum atomic E-state index is 13.3. The van der Waals surface area contributed by atoms with Crippen molar-refractivity contribution in [3.05, 3.63) is 59.4 Å². The molecule has 26 heavy (non-hydrogen) atoms. The van der Waals surface area contributed by atoms with Gasteiger partial charge in [0, 0.05) is 18.9 Å². The van der Waals surface area contributed by atoms with Crippen molar-refractivity contribution in [3.8, 4) is 11.8 Å². The molecular weight excluding hydrogens is 335 g/mol. The lowest BCUT2D eigenvalue weighted by molar-refractivity contribution is -0.125. The average molecular weight is 354 g/mol. The van der Waals surface area contributed by atoms with Crippen LogP contribution in [0.3, 0.4) is 0 Å². The minimum atomic E-state index is -0.793. The summed E-state index contributed by atoms with van der Waals surface area (Å²) in [6.45, 7) is 0.910. The second-order valence-corrected chi connectivity index (χ2v) is 6.18. The topological polar surface area (TPSA) is 71.3 Å². The van der Waals surface area contributed by atoms with Crippen LogP contribution in [0.2, 0.25) is 0 Å². The molecule has 0 aromatic heterocycles. The lowest BCUT2D eigenvalue weighted by atomic mass is 9.73. The number of anilines is 1. The third-order valence-corrected chi connectivity index (χ3v) is 4.76. The predicted molar refractivity (Wildman–Crippen MR) is 94.5 cm³/mol. The highest BCUT2D eigenvalue weighted by Crippen LogP contribution is 2.36. The molecule has 0 radical (unpaired) electrons. The normalized spacial score (nSPS) is 15.7. The Morgan fingerprint density at radius 1 is 1.23 bits per heavy atom. The van der Waals surface area contributed by atoms with Gasteiger partial charge in [-0.2, -0.15) is 5.26 Å². The molecule has 0 saturated carbocycles. The maximum absolute atomic E-state index is 13.3. The van der Waals surface area contributed by atoms with Crippen LogP contribution in [0.5, 0.6) is 5.75 Å². The number of halogens is 1. The van der Waals surface area contributed by atoms with E-state index in [-0.39, 0.29) is 11.7 Å². The number of nitrogens with zero attached hydrogens (tertiary/aromatic N) is 1. The summed E-state index contributed by atoms with van der Waals surface area (Å²) in [4.78, 5) is 13.2. The van der Waals surface area contributed by atoms with Gasteiger partial charge in [0.1, 0.15) is 17.6 Å². The summed E-state index contributed by atoms with van der Waals surface area (Å²) in [5.74, 6) is -0.0866. The van der Waals surface area contributed by atoms with Crippen molar-refractivity contribution in [3.63, 3.8) is 0 Å². The smallest absolute Gasteiger partial charge is 0.235 e. The van der Waals surface area contributed by atoms with Crippen molar-refractivity contribution >= 4 is 11.6 Å². The number of carbonyl (C=O) groups excluding carboxylic acids is 1. The number of methoxy groups -OCH3 is 1. The second kappa shape index (κ2) is 7.54. The molecule has 0 unspecified atom stereocenters. The Kier molecular flexibility index (Phi) is 5.19. The number of amides is 1. The van der Waals surface area contributed by atoms with E-state index in [0.717, 1.165) is 5.56 Å². The zero-order valence-electron chi connectivity index (χ0n) is 14.4. The quantitative estimate of drug-likeness (QED) is 0.913. The molecule has 6 heteroatoms. The van der Waals surface area contributed by atoms with Crippen molar-refractivity contribution < 1.29 is 18.7 Å². The molecule has 2 aromatic rings. The molecule has 3 rings (SSSR count). The molecule has 1 aliphatic heterocycles. The summed E-state index contributed by atoms with van der Waals surface area (Å²) >= 11 is 0. The van der Waals surface area contributed by atoms with Gasteiger partial charge < -0.3 is 14.8 Å². The summed E-state index contributed by atoms with van der Waals surface area (Å²) in [6.07, 6.45) is 1.01. The first-order chi connectivity index (χ1) is 12.6. The molecule has 1 amide bonds. The van der Waals surface area contributed by atoms with E-state index in [4.69, 9.17) is 9.47 Å². The van der Waals surface area contributed by atoms with Gasteiger partial charge in [0.25, 0.3) is 0 Å². The fourth-order valence-corrected chi connectivity index (χ4v) is 3.26. The molecule has 1 fully saturated rings. The number of rotatable bonds is 4. The van der Waals surface area contributed by atoms with Gasteiger partial charge in [-0.05, 0) is 48.7 Å². The van der Waals surface area contributed by atoms with Gasteiger partial charge in [0.15, 0.2) is 0 Å². The number of carbonyl (C=O) groups is 1. The minimum Gasteiger partial charge on any atom is -0.495 e. The largest absolute Gasteiger partial charge is 0.495 e. The third-order valence-electron chi connectivity index (χ3n) is 4.76. The van der Waals surface area contributed by atoms with Crippen LogP contribution in [-0.2, 0) is 14.9 Å². The molecule has 2 aromatic carbocycles. The van der Waals surface area contributed by atoms with Crippen LogP contribution in [0.1, 0.15) is 24.0 Å². The summed E-state index contributed by atoms with van der Waals surface area (Å²) < 4.78 is 23.9. The average Bonchev–Trinajstić information content (AvgIpc) is 2.68. The summed E-state index contributed by atoms with van der Waals surface area (Å²) in [5, 5.41) is 12.1. The number of hydrogen-bond donors (Lipinski definition) is 1. The third kappa shape index (κ3) is 3.39. The van der Waals surface area contributed by atoms with E-state index in [1.807, 2.05) is 6.07 Å². The lowest BCUT2D eigenvalue weighted by Crippen LogP contribution is -2.44. The number of nitriles is 1. The Bertz CT molecular complexity index is 837. The predicted octanol–water partition coefficient (Wildman–Crippen LogP) is 3.39. The number of nitrogens with one attached hydrogen (secondary N) is 1. The molecule has 0 bridgehead atoms. The Labute approximate surface area is 151 Å². The van der Waals surface area contributed by atoms with E-state index < -0.39 is 5.41 Å². The van der Waals surface area contributed by atoms with Crippen LogP contribution >= 0.6 is 0 Å². The van der Waals surface area contributed by atoms with Crippen LogP contribution in [0.25, 0.3) is 0 Å². The van der Waals surface area contributed by atoms with Crippen LogP contribution in [0.15, 0.2) is 42.5 Å². The van der Waals surface area contributed by atoms with E-state index in [2.05, 4.69) is 5.32 Å². The number of benzene rings is 2. The fraction of sp³-hybridized carbons (Fsp3) is 0.300. The molecule has 1 heterocycles. The van der Waals surface area contributed by atoms with Crippen LogP contribution in [0.4, 0.5) is 10.1 Å². The Balaban J connectivity index is 1.92. The molecule has 1 N–H and O–H groups in total. The molecular formula is C20H19FN2O3. The summed E-state index contributed by atoms with van der Waals surface area (Å²) in [5.41, 5.74) is 0.820. The monoisotopic (exact) mass is 354 g/mol. The van der Waals surface area contributed by atoms with Crippen molar-refractivity contribution in [2.24, 2.45) is 0 Å². The van der Waals surface area contributed by atoms with E-state index in [9.17, 15) is 14.4 Å². The fourth-order valence-electron chi connectivity index (χ4n) is 3.26. The zero-order valence-corrected chi connectivity index (χ0v) is 14.4. The van der Waals surface area contributed by atoms with E-state index in [1.54, 1.807) is 30.3 Å². The van der Waals surface area contributed by atoms with Crippen molar-refractivity contribution in [1.29, 1.82) is 5.26 Å². The number of ether oxygens (including phenoxy) is 2.